The Kier molecular flexibility index (Phi) is 3.20. The van der Waals surface area contributed by atoms with Crippen LogP contribution in [0.5, 0.6) is 0 Å². The maximum absolute atomic E-state index is 12.4. The molecule has 0 bridgehead atoms. The number of aromatic nitrogens is 2. The molecule has 1 aromatic carbocycles. The molecule has 0 saturated heterocycles. The molecular weight excluding hydrogens is 276 g/mol. The number of amides is 1. The number of nitrogens with one attached hydrogen (secondary N) is 1. The number of hydrogen-bond acceptors (Lipinski definition) is 4. The predicted octanol–water partition coefficient (Wildman–Crippen LogP) is 1.51. The smallest absolute Gasteiger partial charge is 0.244 e. The van der Waals surface area contributed by atoms with Gasteiger partial charge in [-0.15, -0.1) is 0 Å². The summed E-state index contributed by atoms with van der Waals surface area (Å²) in [6, 6.07) is 9.70. The van der Waals surface area contributed by atoms with Crippen LogP contribution in [0.15, 0.2) is 48.7 Å². The Labute approximate surface area is 128 Å². The van der Waals surface area contributed by atoms with E-state index < -0.39 is 0 Å². The molecule has 1 amide bonds. The molecule has 4 rings (SSSR count). The van der Waals surface area contributed by atoms with E-state index in [0.29, 0.717) is 18.9 Å². The molecule has 2 aliphatic rings. The highest BCUT2D eigenvalue weighted by Gasteiger charge is 2.29. The summed E-state index contributed by atoms with van der Waals surface area (Å²) in [4.78, 5) is 23.3. The minimum absolute atomic E-state index is 0.105. The van der Waals surface area contributed by atoms with Crippen molar-refractivity contribution in [1.82, 2.24) is 20.2 Å². The lowest BCUT2D eigenvalue weighted by Crippen LogP contribution is -2.41. The Bertz CT molecular complexity index is 742. The van der Waals surface area contributed by atoms with Gasteiger partial charge in [0.15, 0.2) is 5.82 Å². The summed E-state index contributed by atoms with van der Waals surface area (Å²) in [5.74, 6) is 0.820. The molecule has 0 saturated carbocycles. The highest BCUT2D eigenvalue weighted by atomic mass is 16.2. The van der Waals surface area contributed by atoms with E-state index in [2.05, 4.69) is 15.3 Å². The van der Waals surface area contributed by atoms with Crippen molar-refractivity contribution in [2.45, 2.75) is 19.1 Å². The number of rotatable bonds is 2. The van der Waals surface area contributed by atoms with Crippen molar-refractivity contribution in [3.63, 3.8) is 0 Å². The van der Waals surface area contributed by atoms with Crippen molar-refractivity contribution in [3.05, 3.63) is 59.9 Å². The summed E-state index contributed by atoms with van der Waals surface area (Å²) in [5, 5.41) is 3.16. The van der Waals surface area contributed by atoms with Crippen molar-refractivity contribution in [1.29, 1.82) is 0 Å². The number of carbonyl (C=O) groups is 1. The van der Waals surface area contributed by atoms with Crippen molar-refractivity contribution in [2.75, 3.05) is 6.54 Å². The molecule has 0 spiro atoms. The van der Waals surface area contributed by atoms with Crippen molar-refractivity contribution in [2.24, 2.45) is 0 Å². The van der Waals surface area contributed by atoms with Crippen LogP contribution in [0.4, 0.5) is 0 Å². The number of nitrogens with zero attached hydrogens (tertiary/aromatic N) is 3. The molecule has 1 atom stereocenters. The van der Waals surface area contributed by atoms with E-state index in [1.807, 2.05) is 53.6 Å². The Balaban J connectivity index is 1.56. The third kappa shape index (κ3) is 2.29. The van der Waals surface area contributed by atoms with Crippen LogP contribution < -0.4 is 5.32 Å². The van der Waals surface area contributed by atoms with Crippen LogP contribution in [0.1, 0.15) is 11.3 Å². The summed E-state index contributed by atoms with van der Waals surface area (Å²) < 4.78 is 0. The SMILES string of the molecule is O=C([C@H]1C=CCN1)N1Cc2cnc(-c3ccccc3)nc2C1. The second kappa shape index (κ2) is 5.35. The van der Waals surface area contributed by atoms with E-state index in [-0.39, 0.29) is 11.9 Å². The maximum atomic E-state index is 12.4. The number of fused-ring (bicyclic) bond motifs is 1. The Morgan fingerprint density at radius 2 is 2.09 bits per heavy atom. The molecule has 1 N–H and O–H groups in total. The average molecular weight is 292 g/mol. The first kappa shape index (κ1) is 13.2. The van der Waals surface area contributed by atoms with Gasteiger partial charge in [-0.1, -0.05) is 42.5 Å². The summed E-state index contributed by atoms with van der Waals surface area (Å²) in [6.07, 6.45) is 5.75. The molecule has 2 aliphatic heterocycles. The zero-order valence-electron chi connectivity index (χ0n) is 12.1. The van der Waals surface area contributed by atoms with Crippen molar-refractivity contribution in [3.8, 4) is 11.4 Å². The number of carbonyl (C=O) groups excluding carboxylic acids is 1. The lowest BCUT2D eigenvalue weighted by atomic mass is 10.2. The fraction of sp³-hybridized carbons (Fsp3) is 0.235. The summed E-state index contributed by atoms with van der Waals surface area (Å²) in [7, 11) is 0. The molecule has 1 aromatic heterocycles. The van der Waals surface area contributed by atoms with Gasteiger partial charge in [0, 0.05) is 30.4 Å². The maximum Gasteiger partial charge on any atom is 0.244 e. The van der Waals surface area contributed by atoms with Gasteiger partial charge < -0.3 is 4.90 Å². The zero-order valence-corrected chi connectivity index (χ0v) is 12.1. The highest BCUT2D eigenvalue weighted by Crippen LogP contribution is 2.24. The van der Waals surface area contributed by atoms with Crippen molar-refractivity contribution < 1.29 is 4.79 Å². The molecule has 22 heavy (non-hydrogen) atoms. The molecule has 2 aromatic rings. The van der Waals surface area contributed by atoms with Gasteiger partial charge in [0.05, 0.1) is 12.2 Å². The number of hydrogen-bond donors (Lipinski definition) is 1. The molecule has 110 valence electrons. The largest absolute Gasteiger partial charge is 0.331 e. The van der Waals surface area contributed by atoms with E-state index in [0.717, 1.165) is 23.4 Å². The van der Waals surface area contributed by atoms with E-state index in [1.165, 1.54) is 0 Å². The molecule has 0 aliphatic carbocycles. The zero-order chi connectivity index (χ0) is 14.9. The van der Waals surface area contributed by atoms with Crippen LogP contribution in [0.3, 0.4) is 0 Å². The van der Waals surface area contributed by atoms with Crippen molar-refractivity contribution >= 4 is 5.91 Å². The Hall–Kier alpha value is -2.53. The van der Waals surface area contributed by atoms with E-state index in [1.54, 1.807) is 0 Å². The first-order valence-electron chi connectivity index (χ1n) is 7.40. The van der Waals surface area contributed by atoms with Crippen LogP contribution >= 0.6 is 0 Å². The highest BCUT2D eigenvalue weighted by molar-refractivity contribution is 5.84. The van der Waals surface area contributed by atoms with Crippen LogP contribution in [-0.2, 0) is 17.9 Å². The number of benzene rings is 1. The van der Waals surface area contributed by atoms with Gasteiger partial charge in [0.2, 0.25) is 5.91 Å². The second-order valence-electron chi connectivity index (χ2n) is 5.54. The van der Waals surface area contributed by atoms with Crippen LogP contribution in [0, 0.1) is 0 Å². The third-order valence-corrected chi connectivity index (χ3v) is 4.05. The van der Waals surface area contributed by atoms with Crippen LogP contribution in [0.2, 0.25) is 0 Å². The molecule has 5 heteroatoms. The third-order valence-electron chi connectivity index (χ3n) is 4.05. The van der Waals surface area contributed by atoms with Gasteiger partial charge in [-0.3, -0.25) is 10.1 Å². The van der Waals surface area contributed by atoms with Gasteiger partial charge in [-0.25, -0.2) is 9.97 Å². The minimum Gasteiger partial charge on any atom is -0.331 e. The van der Waals surface area contributed by atoms with E-state index in [9.17, 15) is 4.79 Å². The van der Waals surface area contributed by atoms with E-state index in [4.69, 9.17) is 0 Å². The van der Waals surface area contributed by atoms with Gasteiger partial charge in [0.25, 0.3) is 0 Å². The fourth-order valence-corrected chi connectivity index (χ4v) is 2.87. The Morgan fingerprint density at radius 1 is 1.23 bits per heavy atom. The van der Waals surface area contributed by atoms with Crippen LogP contribution in [0.25, 0.3) is 11.4 Å². The molecule has 0 fully saturated rings. The van der Waals surface area contributed by atoms with Gasteiger partial charge in [0.1, 0.15) is 6.04 Å². The van der Waals surface area contributed by atoms with Gasteiger partial charge in [-0.2, -0.15) is 0 Å². The summed E-state index contributed by atoms with van der Waals surface area (Å²) in [5.41, 5.74) is 2.98. The molecule has 3 heterocycles. The molecule has 0 radical (unpaired) electrons. The topological polar surface area (TPSA) is 58.1 Å². The lowest BCUT2D eigenvalue weighted by molar-refractivity contribution is -0.132. The second-order valence-corrected chi connectivity index (χ2v) is 5.54. The minimum atomic E-state index is -0.198. The quantitative estimate of drug-likeness (QED) is 0.853. The lowest BCUT2D eigenvalue weighted by Gasteiger charge is -2.18. The fourth-order valence-electron chi connectivity index (χ4n) is 2.87. The summed E-state index contributed by atoms with van der Waals surface area (Å²) in [6.45, 7) is 1.91. The summed E-state index contributed by atoms with van der Waals surface area (Å²) >= 11 is 0. The Morgan fingerprint density at radius 3 is 2.86 bits per heavy atom. The first-order valence-corrected chi connectivity index (χ1v) is 7.40. The average Bonchev–Trinajstić information content (AvgIpc) is 3.23. The standard InChI is InChI=1S/C17H16N4O/c22-17(14-7-4-8-18-14)21-10-13-9-19-16(20-15(13)11-21)12-5-2-1-3-6-12/h1-7,9,14,18H,8,10-11H2/t14-/m1/s1. The molecule has 0 unspecified atom stereocenters. The molecular formula is C17H16N4O. The monoisotopic (exact) mass is 292 g/mol. The first-order chi connectivity index (χ1) is 10.8. The van der Waals surface area contributed by atoms with E-state index >= 15 is 0 Å². The normalized spacial score (nSPS) is 19.5. The van der Waals surface area contributed by atoms with Gasteiger partial charge in [-0.05, 0) is 0 Å². The predicted molar refractivity (Wildman–Crippen MR) is 82.7 cm³/mol. The molecule has 5 nitrogen and oxygen atoms in total. The van der Waals surface area contributed by atoms with Gasteiger partial charge >= 0.3 is 0 Å². The van der Waals surface area contributed by atoms with Crippen LogP contribution in [-0.4, -0.2) is 33.4 Å².